The van der Waals surface area contributed by atoms with Crippen molar-refractivity contribution in [3.63, 3.8) is 0 Å². The van der Waals surface area contributed by atoms with Crippen molar-refractivity contribution in [2.24, 2.45) is 0 Å². The van der Waals surface area contributed by atoms with E-state index in [1.54, 1.807) is 18.5 Å². The normalized spacial score (nSPS) is 26.4. The van der Waals surface area contributed by atoms with Gasteiger partial charge < -0.3 is 14.2 Å². The van der Waals surface area contributed by atoms with Crippen LogP contribution < -0.4 is 0 Å². The predicted octanol–water partition coefficient (Wildman–Crippen LogP) is 0.277. The Kier molecular flexibility index (Phi) is 4.01. The van der Waals surface area contributed by atoms with Crippen molar-refractivity contribution in [2.45, 2.75) is 12.2 Å². The molecule has 1 aromatic rings. The molecule has 1 aromatic heterocycles. The molecule has 3 rings (SSSR count). The van der Waals surface area contributed by atoms with Crippen LogP contribution in [0.15, 0.2) is 24.8 Å². The zero-order chi connectivity index (χ0) is 10.3. The Morgan fingerprint density at radius 2 is 1.60 bits per heavy atom. The fourth-order valence-electron chi connectivity index (χ4n) is 0.913. The predicted molar refractivity (Wildman–Crippen MR) is 52.3 cm³/mol. The van der Waals surface area contributed by atoms with E-state index in [0.717, 1.165) is 26.4 Å². The van der Waals surface area contributed by atoms with Crippen molar-refractivity contribution < 1.29 is 14.2 Å². The molecule has 3 heterocycles. The van der Waals surface area contributed by atoms with Gasteiger partial charge in [-0.2, -0.15) is 0 Å². The Bertz CT molecular complexity index is 224. The van der Waals surface area contributed by atoms with Gasteiger partial charge in [0.1, 0.15) is 18.5 Å². The van der Waals surface area contributed by atoms with Gasteiger partial charge in [-0.1, -0.05) is 0 Å². The van der Waals surface area contributed by atoms with Crippen molar-refractivity contribution in [1.82, 2.24) is 9.97 Å². The van der Waals surface area contributed by atoms with E-state index < -0.39 is 0 Å². The summed E-state index contributed by atoms with van der Waals surface area (Å²) in [5, 5.41) is 0. The molecule has 0 N–H and O–H groups in total. The van der Waals surface area contributed by atoms with E-state index in [4.69, 9.17) is 14.2 Å². The van der Waals surface area contributed by atoms with Crippen LogP contribution in [-0.4, -0.2) is 48.6 Å². The fraction of sp³-hybridized carbons (Fsp3) is 0.600. The molecular formula is C10H14N2O3. The van der Waals surface area contributed by atoms with E-state index in [-0.39, 0.29) is 0 Å². The summed E-state index contributed by atoms with van der Waals surface area (Å²) in [7, 11) is 0. The summed E-state index contributed by atoms with van der Waals surface area (Å²) >= 11 is 0. The van der Waals surface area contributed by atoms with E-state index in [9.17, 15) is 0 Å². The van der Waals surface area contributed by atoms with E-state index in [2.05, 4.69) is 9.97 Å². The molecule has 82 valence electrons. The van der Waals surface area contributed by atoms with Gasteiger partial charge in [0.05, 0.1) is 26.4 Å². The molecule has 2 fully saturated rings. The molecule has 0 amide bonds. The minimum absolute atomic E-state index is 0.392. The van der Waals surface area contributed by atoms with Gasteiger partial charge in [-0.15, -0.1) is 0 Å². The zero-order valence-corrected chi connectivity index (χ0v) is 8.41. The van der Waals surface area contributed by atoms with Crippen molar-refractivity contribution in [3.8, 4) is 0 Å². The van der Waals surface area contributed by atoms with Gasteiger partial charge in [0.15, 0.2) is 0 Å². The molecular weight excluding hydrogens is 196 g/mol. The maximum atomic E-state index is 5.23. The smallest absolute Gasteiger partial charge is 0.115 e. The average molecular weight is 210 g/mol. The number of rotatable bonds is 4. The Labute approximate surface area is 88.4 Å². The molecule has 0 saturated carbocycles. The molecule has 0 spiro atoms. The maximum absolute atomic E-state index is 5.23. The molecule has 2 aliphatic heterocycles. The van der Waals surface area contributed by atoms with Crippen molar-refractivity contribution in [2.75, 3.05) is 26.4 Å². The monoisotopic (exact) mass is 210 g/mol. The maximum Gasteiger partial charge on any atom is 0.115 e. The van der Waals surface area contributed by atoms with E-state index in [1.807, 2.05) is 0 Å². The number of aromatic nitrogens is 2. The van der Waals surface area contributed by atoms with Gasteiger partial charge >= 0.3 is 0 Å². The van der Waals surface area contributed by atoms with Crippen molar-refractivity contribution in [1.29, 1.82) is 0 Å². The molecule has 2 aliphatic rings. The molecule has 0 aliphatic carbocycles. The Morgan fingerprint density at radius 1 is 1.07 bits per heavy atom. The van der Waals surface area contributed by atoms with Crippen LogP contribution in [0.1, 0.15) is 0 Å². The third-order valence-electron chi connectivity index (χ3n) is 1.89. The first kappa shape index (κ1) is 10.5. The molecule has 2 saturated heterocycles. The number of nitrogens with zero attached hydrogens (tertiary/aromatic N) is 2. The fourth-order valence-corrected chi connectivity index (χ4v) is 0.913. The second-order valence-corrected chi connectivity index (χ2v) is 3.35. The van der Waals surface area contributed by atoms with Gasteiger partial charge in [0.2, 0.25) is 0 Å². The standard InChI is InChI=1S/C6H10O3.C4H4N2/c1(5-3-8-5)7-2-6-4-9-6;1-2-5-4-6-3-1/h5-6H,1-4H2;1-4H. The first-order chi connectivity index (χ1) is 7.45. The second kappa shape index (κ2) is 5.75. The molecule has 15 heavy (non-hydrogen) atoms. The topological polar surface area (TPSA) is 60.1 Å². The number of ether oxygens (including phenoxy) is 3. The summed E-state index contributed by atoms with van der Waals surface area (Å²) in [5.41, 5.74) is 0. The molecule has 5 heteroatoms. The summed E-state index contributed by atoms with van der Waals surface area (Å²) in [6, 6.07) is 1.78. The van der Waals surface area contributed by atoms with Gasteiger partial charge in [0.25, 0.3) is 0 Å². The first-order valence-corrected chi connectivity index (χ1v) is 4.96. The molecule has 0 bridgehead atoms. The van der Waals surface area contributed by atoms with Gasteiger partial charge in [0, 0.05) is 12.4 Å². The van der Waals surface area contributed by atoms with Gasteiger partial charge in [-0.05, 0) is 6.07 Å². The number of hydrogen-bond acceptors (Lipinski definition) is 5. The molecule has 2 atom stereocenters. The van der Waals surface area contributed by atoms with Crippen LogP contribution in [-0.2, 0) is 14.2 Å². The minimum Gasteiger partial charge on any atom is -0.376 e. The SMILES string of the molecule is C(OCC1CO1)C1CO1.c1cncnc1. The van der Waals surface area contributed by atoms with Gasteiger partial charge in [-0.3, -0.25) is 0 Å². The van der Waals surface area contributed by atoms with Crippen LogP contribution in [0.5, 0.6) is 0 Å². The Balaban J connectivity index is 0.000000124. The highest BCUT2D eigenvalue weighted by Crippen LogP contribution is 2.12. The largest absolute Gasteiger partial charge is 0.376 e. The van der Waals surface area contributed by atoms with Crippen LogP contribution in [0.25, 0.3) is 0 Å². The van der Waals surface area contributed by atoms with Crippen LogP contribution in [0.4, 0.5) is 0 Å². The van der Waals surface area contributed by atoms with Crippen LogP contribution >= 0.6 is 0 Å². The van der Waals surface area contributed by atoms with Crippen LogP contribution in [0, 0.1) is 0 Å². The van der Waals surface area contributed by atoms with Crippen molar-refractivity contribution >= 4 is 0 Å². The lowest BCUT2D eigenvalue weighted by atomic mass is 10.5. The second-order valence-electron chi connectivity index (χ2n) is 3.35. The lowest BCUT2D eigenvalue weighted by Crippen LogP contribution is -2.06. The highest BCUT2D eigenvalue weighted by atomic mass is 16.6. The Hall–Kier alpha value is -1.04. The molecule has 0 aromatic carbocycles. The van der Waals surface area contributed by atoms with Crippen LogP contribution in [0.3, 0.4) is 0 Å². The molecule has 5 nitrogen and oxygen atoms in total. The van der Waals surface area contributed by atoms with Crippen LogP contribution in [0.2, 0.25) is 0 Å². The lowest BCUT2D eigenvalue weighted by molar-refractivity contribution is 0.102. The molecule has 0 radical (unpaired) electrons. The van der Waals surface area contributed by atoms with Crippen molar-refractivity contribution in [3.05, 3.63) is 24.8 Å². The molecule has 2 unspecified atom stereocenters. The summed E-state index contributed by atoms with van der Waals surface area (Å²) < 4.78 is 15.1. The highest BCUT2D eigenvalue weighted by Gasteiger charge is 2.26. The highest BCUT2D eigenvalue weighted by molar-refractivity contribution is 4.74. The summed E-state index contributed by atoms with van der Waals surface area (Å²) in [4.78, 5) is 7.35. The third kappa shape index (κ3) is 5.41. The average Bonchev–Trinajstić information content (AvgIpc) is 3.16. The Morgan fingerprint density at radius 3 is 1.87 bits per heavy atom. The summed E-state index contributed by atoms with van der Waals surface area (Å²) in [6.45, 7) is 3.26. The summed E-state index contributed by atoms with van der Waals surface area (Å²) in [5.74, 6) is 0. The first-order valence-electron chi connectivity index (χ1n) is 4.96. The van der Waals surface area contributed by atoms with E-state index in [1.165, 1.54) is 6.33 Å². The lowest BCUT2D eigenvalue weighted by Gasteiger charge is -1.95. The van der Waals surface area contributed by atoms with Gasteiger partial charge in [-0.25, -0.2) is 9.97 Å². The van der Waals surface area contributed by atoms with E-state index in [0.29, 0.717) is 12.2 Å². The quantitative estimate of drug-likeness (QED) is 0.668. The number of epoxide rings is 2. The van der Waals surface area contributed by atoms with E-state index >= 15 is 0 Å². The number of hydrogen-bond donors (Lipinski definition) is 0. The third-order valence-corrected chi connectivity index (χ3v) is 1.89. The zero-order valence-electron chi connectivity index (χ0n) is 8.41. The summed E-state index contributed by atoms with van der Waals surface area (Å²) in [6.07, 6.45) is 5.66. The minimum atomic E-state index is 0.392.